The predicted molar refractivity (Wildman–Crippen MR) is 74.4 cm³/mol. The number of halogens is 1. The fourth-order valence-electron chi connectivity index (χ4n) is 2.19. The number of piperazine rings is 1. The molecule has 1 amide bonds. The average Bonchev–Trinajstić information content (AvgIpc) is 2.94. The van der Waals surface area contributed by atoms with Gasteiger partial charge in [-0.25, -0.2) is 4.79 Å². The Morgan fingerprint density at radius 1 is 1.38 bits per heavy atom. The summed E-state index contributed by atoms with van der Waals surface area (Å²) in [6, 6.07) is 1.67. The molecule has 0 aliphatic carbocycles. The number of tetrazole rings is 1. The van der Waals surface area contributed by atoms with Crippen molar-refractivity contribution in [3.05, 3.63) is 11.1 Å². The Balaban J connectivity index is 1.73. The van der Waals surface area contributed by atoms with Gasteiger partial charge in [0.05, 0.1) is 11.6 Å². The van der Waals surface area contributed by atoms with Gasteiger partial charge >= 0.3 is 6.09 Å². The number of carbonyl (C=O) groups is 1. The van der Waals surface area contributed by atoms with Gasteiger partial charge < -0.3 is 14.5 Å². The molecule has 3 heterocycles. The molecular weight excluding hydrogens is 298 g/mol. The topological polar surface area (TPSA) is 88.8 Å². The molecule has 0 N–H and O–H groups in total. The van der Waals surface area contributed by atoms with E-state index in [0.29, 0.717) is 49.3 Å². The van der Waals surface area contributed by atoms with E-state index in [1.165, 1.54) is 4.63 Å². The van der Waals surface area contributed by atoms with Crippen molar-refractivity contribution in [2.24, 2.45) is 0 Å². The monoisotopic (exact) mass is 311 g/mol. The number of carbonyl (C=O) groups excluding carboxylic acids is 1. The number of rotatable bonds is 2. The SMILES string of the molecule is CCOC(=O)N1CCN(c2nn3nnnc3cc2Cl)CC1. The van der Waals surface area contributed by atoms with Gasteiger partial charge in [0.2, 0.25) is 5.65 Å². The lowest BCUT2D eigenvalue weighted by Gasteiger charge is -2.34. The summed E-state index contributed by atoms with van der Waals surface area (Å²) in [6.45, 7) is 4.54. The zero-order valence-corrected chi connectivity index (χ0v) is 12.2. The molecule has 0 aromatic carbocycles. The van der Waals surface area contributed by atoms with Crippen LogP contribution in [0, 0.1) is 0 Å². The molecule has 21 heavy (non-hydrogen) atoms. The molecule has 112 valence electrons. The summed E-state index contributed by atoms with van der Waals surface area (Å²) in [5, 5.41) is 15.9. The number of fused-ring (bicyclic) bond motifs is 1. The summed E-state index contributed by atoms with van der Waals surface area (Å²) in [5.74, 6) is 0.611. The molecule has 0 unspecified atom stereocenters. The van der Waals surface area contributed by atoms with E-state index in [1.54, 1.807) is 17.9 Å². The molecule has 2 aromatic rings. The Morgan fingerprint density at radius 2 is 2.14 bits per heavy atom. The minimum absolute atomic E-state index is 0.285. The smallest absolute Gasteiger partial charge is 0.409 e. The third kappa shape index (κ3) is 2.68. The Kier molecular flexibility index (Phi) is 3.74. The lowest BCUT2D eigenvalue weighted by atomic mass is 10.3. The fourth-order valence-corrected chi connectivity index (χ4v) is 2.45. The summed E-state index contributed by atoms with van der Waals surface area (Å²) in [7, 11) is 0. The Morgan fingerprint density at radius 3 is 2.86 bits per heavy atom. The zero-order valence-electron chi connectivity index (χ0n) is 11.4. The van der Waals surface area contributed by atoms with E-state index >= 15 is 0 Å². The molecule has 1 aliphatic heterocycles. The third-order valence-corrected chi connectivity index (χ3v) is 3.52. The van der Waals surface area contributed by atoms with Crippen LogP contribution >= 0.6 is 11.6 Å². The minimum atomic E-state index is -0.285. The van der Waals surface area contributed by atoms with Gasteiger partial charge in [-0.2, -0.15) is 0 Å². The third-order valence-electron chi connectivity index (χ3n) is 3.24. The number of aromatic nitrogens is 5. The molecule has 3 rings (SSSR count). The van der Waals surface area contributed by atoms with Crippen LogP contribution in [0.3, 0.4) is 0 Å². The average molecular weight is 312 g/mol. The van der Waals surface area contributed by atoms with Crippen LogP contribution in [0.1, 0.15) is 6.92 Å². The Labute approximate surface area is 125 Å². The Hall–Kier alpha value is -2.16. The quantitative estimate of drug-likeness (QED) is 0.795. The molecule has 9 nitrogen and oxygen atoms in total. The van der Waals surface area contributed by atoms with Crippen LogP contribution in [-0.4, -0.2) is 69.0 Å². The van der Waals surface area contributed by atoms with E-state index in [-0.39, 0.29) is 6.09 Å². The number of hydrogen-bond acceptors (Lipinski definition) is 7. The molecule has 0 radical (unpaired) electrons. The normalized spacial score (nSPS) is 15.5. The number of amides is 1. The van der Waals surface area contributed by atoms with Crippen LogP contribution in [0.4, 0.5) is 10.6 Å². The van der Waals surface area contributed by atoms with E-state index in [9.17, 15) is 4.79 Å². The summed E-state index contributed by atoms with van der Waals surface area (Å²) in [6.07, 6.45) is -0.285. The highest BCUT2D eigenvalue weighted by Crippen LogP contribution is 2.24. The van der Waals surface area contributed by atoms with Crippen LogP contribution in [-0.2, 0) is 4.74 Å². The van der Waals surface area contributed by atoms with Crippen molar-refractivity contribution in [1.29, 1.82) is 0 Å². The largest absolute Gasteiger partial charge is 0.450 e. The highest BCUT2D eigenvalue weighted by atomic mass is 35.5. The van der Waals surface area contributed by atoms with Crippen LogP contribution in [0.25, 0.3) is 5.65 Å². The van der Waals surface area contributed by atoms with Crippen molar-refractivity contribution in [2.75, 3.05) is 37.7 Å². The standard InChI is InChI=1S/C11H14ClN7O2/c1-2-21-11(20)18-5-3-17(4-6-18)10-8(12)7-9-13-15-16-19(9)14-10/h7H,2-6H2,1H3. The first kappa shape index (κ1) is 13.8. The molecule has 0 spiro atoms. The van der Waals surface area contributed by atoms with Gasteiger partial charge in [-0.3, -0.25) is 0 Å². The van der Waals surface area contributed by atoms with E-state index in [2.05, 4.69) is 20.6 Å². The summed E-state index contributed by atoms with van der Waals surface area (Å²) >= 11 is 6.22. The lowest BCUT2D eigenvalue weighted by molar-refractivity contribution is 0.105. The van der Waals surface area contributed by atoms with Crippen LogP contribution in [0.5, 0.6) is 0 Å². The van der Waals surface area contributed by atoms with Gasteiger partial charge in [-0.1, -0.05) is 11.6 Å². The summed E-state index contributed by atoms with van der Waals surface area (Å²) in [5.41, 5.74) is 0.494. The maximum Gasteiger partial charge on any atom is 0.409 e. The number of nitrogens with zero attached hydrogens (tertiary/aromatic N) is 7. The van der Waals surface area contributed by atoms with Crippen molar-refractivity contribution >= 4 is 29.2 Å². The second-order valence-electron chi connectivity index (χ2n) is 4.52. The van der Waals surface area contributed by atoms with Crippen molar-refractivity contribution < 1.29 is 9.53 Å². The molecule has 1 saturated heterocycles. The van der Waals surface area contributed by atoms with Gasteiger partial charge in [-0.05, 0) is 17.4 Å². The van der Waals surface area contributed by atoms with E-state index < -0.39 is 0 Å². The van der Waals surface area contributed by atoms with Crippen LogP contribution in [0.2, 0.25) is 5.02 Å². The highest BCUT2D eigenvalue weighted by molar-refractivity contribution is 6.33. The molecule has 2 aromatic heterocycles. The van der Waals surface area contributed by atoms with E-state index in [1.807, 2.05) is 4.90 Å². The summed E-state index contributed by atoms with van der Waals surface area (Å²) < 4.78 is 6.32. The van der Waals surface area contributed by atoms with Crippen molar-refractivity contribution in [3.8, 4) is 0 Å². The second kappa shape index (κ2) is 5.68. The fraction of sp³-hybridized carbons (Fsp3) is 0.545. The number of hydrogen-bond donors (Lipinski definition) is 0. The van der Waals surface area contributed by atoms with E-state index in [0.717, 1.165) is 0 Å². The van der Waals surface area contributed by atoms with Gasteiger partial charge in [0.15, 0.2) is 5.82 Å². The second-order valence-corrected chi connectivity index (χ2v) is 4.92. The van der Waals surface area contributed by atoms with Crippen LogP contribution < -0.4 is 4.90 Å². The lowest BCUT2D eigenvalue weighted by Crippen LogP contribution is -2.49. The zero-order chi connectivity index (χ0) is 14.8. The molecule has 0 bridgehead atoms. The van der Waals surface area contributed by atoms with Crippen molar-refractivity contribution in [2.45, 2.75) is 6.92 Å². The van der Waals surface area contributed by atoms with Crippen molar-refractivity contribution in [3.63, 3.8) is 0 Å². The number of ether oxygens (including phenoxy) is 1. The first-order chi connectivity index (χ1) is 10.2. The molecule has 0 saturated carbocycles. The molecule has 0 atom stereocenters. The van der Waals surface area contributed by atoms with Gasteiger partial charge in [-0.15, -0.1) is 14.8 Å². The molecule has 1 fully saturated rings. The number of anilines is 1. The minimum Gasteiger partial charge on any atom is -0.450 e. The van der Waals surface area contributed by atoms with Gasteiger partial charge in [0.1, 0.15) is 0 Å². The van der Waals surface area contributed by atoms with Crippen molar-refractivity contribution in [1.82, 2.24) is 30.2 Å². The first-order valence-electron chi connectivity index (χ1n) is 6.60. The van der Waals surface area contributed by atoms with E-state index in [4.69, 9.17) is 16.3 Å². The molecule has 1 aliphatic rings. The first-order valence-corrected chi connectivity index (χ1v) is 6.98. The predicted octanol–water partition coefficient (Wildman–Crippen LogP) is 0.451. The summed E-state index contributed by atoms with van der Waals surface area (Å²) in [4.78, 5) is 15.3. The molecule has 10 heteroatoms. The maximum atomic E-state index is 11.7. The highest BCUT2D eigenvalue weighted by Gasteiger charge is 2.24. The maximum absolute atomic E-state index is 11.7. The molecular formula is C11H14ClN7O2. The Bertz CT molecular complexity index is 653. The van der Waals surface area contributed by atoms with Gasteiger partial charge in [0.25, 0.3) is 0 Å². The van der Waals surface area contributed by atoms with Crippen LogP contribution in [0.15, 0.2) is 6.07 Å². The van der Waals surface area contributed by atoms with Gasteiger partial charge in [0, 0.05) is 32.2 Å².